The Morgan fingerprint density at radius 2 is 2.08 bits per heavy atom. The van der Waals surface area contributed by atoms with E-state index in [1.807, 2.05) is 5.92 Å². The molecule has 0 aromatic carbocycles. The molecule has 0 aliphatic heterocycles. The lowest BCUT2D eigenvalue weighted by Gasteiger charge is -2.05. The summed E-state index contributed by atoms with van der Waals surface area (Å²) in [5, 5.41) is 0. The van der Waals surface area contributed by atoms with Crippen LogP contribution in [0.1, 0.15) is 13.3 Å². The molecule has 0 amide bonds. The molecule has 0 heterocycles. The molecule has 0 nitrogen and oxygen atoms in total. The summed E-state index contributed by atoms with van der Waals surface area (Å²) in [5.74, 6) is 1.85. The first kappa shape index (κ1) is 10.8. The van der Waals surface area contributed by atoms with Crippen LogP contribution in [0.3, 0.4) is 0 Å². The molecule has 0 spiro atoms. The third-order valence-corrected chi connectivity index (χ3v) is 1.10. The second-order valence-corrected chi connectivity index (χ2v) is 2.07. The van der Waals surface area contributed by atoms with E-state index in [1.165, 1.54) is 6.08 Å². The molecule has 0 saturated heterocycles. The molecule has 0 atom stereocenters. The van der Waals surface area contributed by atoms with Gasteiger partial charge in [0.15, 0.2) is 0 Å². The van der Waals surface area contributed by atoms with Crippen LogP contribution in [0.2, 0.25) is 0 Å². The van der Waals surface area contributed by atoms with Gasteiger partial charge in [0.1, 0.15) is 0 Å². The molecule has 0 N–H and O–H groups in total. The largest absolute Gasteiger partial charge is 0.417 e. The summed E-state index contributed by atoms with van der Waals surface area (Å²) < 4.78 is 36.0. The van der Waals surface area contributed by atoms with Gasteiger partial charge in [-0.3, -0.25) is 0 Å². The maximum absolute atomic E-state index is 12.0. The van der Waals surface area contributed by atoms with Crippen molar-refractivity contribution in [2.24, 2.45) is 0 Å². The molecule has 0 aromatic rings. The van der Waals surface area contributed by atoms with Crippen LogP contribution in [0, 0.1) is 12.3 Å². The number of allylic oxidation sites excluding steroid dienone is 4. The standard InChI is InChI=1S/C9H9F3/c1-3-5-7-8(6-4-2)9(10,11)12/h2,5-7H,3H2,1H3/b7-5-,8-6+. The highest BCUT2D eigenvalue weighted by atomic mass is 19.4. The number of hydrogen-bond acceptors (Lipinski definition) is 0. The molecule has 0 saturated carbocycles. The minimum atomic E-state index is -4.35. The molecule has 66 valence electrons. The fourth-order valence-electron chi connectivity index (χ4n) is 0.559. The van der Waals surface area contributed by atoms with Crippen LogP contribution in [0.25, 0.3) is 0 Å². The summed E-state index contributed by atoms with van der Waals surface area (Å²) in [4.78, 5) is 0. The highest BCUT2D eigenvalue weighted by molar-refractivity contribution is 5.30. The fraction of sp³-hybridized carbons (Fsp3) is 0.333. The third kappa shape index (κ3) is 3.87. The van der Waals surface area contributed by atoms with Crippen molar-refractivity contribution in [2.75, 3.05) is 0 Å². The van der Waals surface area contributed by atoms with Crippen LogP contribution in [0.5, 0.6) is 0 Å². The molecular weight excluding hydrogens is 165 g/mol. The smallest absolute Gasteiger partial charge is 0.166 e. The molecule has 0 fully saturated rings. The van der Waals surface area contributed by atoms with Crippen LogP contribution in [-0.2, 0) is 0 Å². The van der Waals surface area contributed by atoms with Crippen LogP contribution < -0.4 is 0 Å². The lowest BCUT2D eigenvalue weighted by atomic mass is 10.2. The summed E-state index contributed by atoms with van der Waals surface area (Å²) >= 11 is 0. The zero-order chi connectivity index (χ0) is 9.61. The van der Waals surface area contributed by atoms with Crippen LogP contribution >= 0.6 is 0 Å². The van der Waals surface area contributed by atoms with Gasteiger partial charge < -0.3 is 0 Å². The molecule has 3 heteroatoms. The van der Waals surface area contributed by atoms with E-state index in [-0.39, 0.29) is 0 Å². The van der Waals surface area contributed by atoms with E-state index in [0.717, 1.165) is 6.08 Å². The van der Waals surface area contributed by atoms with Gasteiger partial charge in [-0.1, -0.05) is 25.0 Å². The molecule has 0 unspecified atom stereocenters. The van der Waals surface area contributed by atoms with Crippen molar-refractivity contribution in [3.63, 3.8) is 0 Å². The van der Waals surface area contributed by atoms with E-state index in [1.54, 1.807) is 6.92 Å². The molecule has 0 rings (SSSR count). The van der Waals surface area contributed by atoms with E-state index in [9.17, 15) is 13.2 Å². The van der Waals surface area contributed by atoms with Crippen LogP contribution in [0.4, 0.5) is 13.2 Å². The first-order valence-corrected chi connectivity index (χ1v) is 3.42. The SMILES string of the molecule is C#C/C=C(\C=C/CC)C(F)(F)F. The van der Waals surface area contributed by atoms with Gasteiger partial charge in [-0.2, -0.15) is 13.2 Å². The summed E-state index contributed by atoms with van der Waals surface area (Å²) in [6, 6.07) is 0. The highest BCUT2D eigenvalue weighted by Gasteiger charge is 2.31. The van der Waals surface area contributed by atoms with Crippen LogP contribution in [0.15, 0.2) is 23.8 Å². The zero-order valence-corrected chi connectivity index (χ0v) is 6.65. The molecule has 0 aliphatic rings. The molecule has 0 radical (unpaired) electrons. The van der Waals surface area contributed by atoms with Crippen LogP contribution in [-0.4, -0.2) is 6.18 Å². The maximum Gasteiger partial charge on any atom is 0.417 e. The van der Waals surface area contributed by atoms with E-state index < -0.39 is 11.7 Å². The van der Waals surface area contributed by atoms with Gasteiger partial charge in [-0.15, -0.1) is 6.42 Å². The van der Waals surface area contributed by atoms with E-state index in [2.05, 4.69) is 0 Å². The Kier molecular flexibility index (Phi) is 4.20. The molecule has 0 bridgehead atoms. The van der Waals surface area contributed by atoms with Crippen molar-refractivity contribution < 1.29 is 13.2 Å². The second-order valence-electron chi connectivity index (χ2n) is 2.07. The van der Waals surface area contributed by atoms with Crippen molar-refractivity contribution in [2.45, 2.75) is 19.5 Å². The number of terminal acetylenes is 1. The quantitative estimate of drug-likeness (QED) is 0.445. The predicted molar refractivity (Wildman–Crippen MR) is 42.4 cm³/mol. The Labute approximate surface area is 69.8 Å². The van der Waals surface area contributed by atoms with Crippen molar-refractivity contribution in [3.05, 3.63) is 23.8 Å². The van der Waals surface area contributed by atoms with Gasteiger partial charge in [0, 0.05) is 6.08 Å². The highest BCUT2D eigenvalue weighted by Crippen LogP contribution is 2.26. The Morgan fingerprint density at radius 3 is 2.42 bits per heavy atom. The van der Waals surface area contributed by atoms with Crippen molar-refractivity contribution in [1.82, 2.24) is 0 Å². The van der Waals surface area contributed by atoms with E-state index >= 15 is 0 Å². The Balaban J connectivity index is 4.61. The first-order chi connectivity index (χ1) is 5.52. The summed E-state index contributed by atoms with van der Waals surface area (Å²) in [7, 11) is 0. The van der Waals surface area contributed by atoms with Gasteiger partial charge in [0.2, 0.25) is 0 Å². The second kappa shape index (κ2) is 4.66. The number of hydrogen-bond donors (Lipinski definition) is 0. The zero-order valence-electron chi connectivity index (χ0n) is 6.65. The topological polar surface area (TPSA) is 0 Å². The van der Waals surface area contributed by atoms with E-state index in [0.29, 0.717) is 12.5 Å². The molecule has 0 aromatic heterocycles. The summed E-state index contributed by atoms with van der Waals surface area (Å²) in [6.45, 7) is 1.75. The molecule has 12 heavy (non-hydrogen) atoms. The van der Waals surface area contributed by atoms with Crippen molar-refractivity contribution in [1.29, 1.82) is 0 Å². The monoisotopic (exact) mass is 174 g/mol. The predicted octanol–water partition coefficient (Wildman–Crippen LogP) is 3.07. The van der Waals surface area contributed by atoms with Gasteiger partial charge in [0.25, 0.3) is 0 Å². The minimum Gasteiger partial charge on any atom is -0.166 e. The number of halogens is 3. The summed E-state index contributed by atoms with van der Waals surface area (Å²) in [6.07, 6.45) is 4.06. The summed E-state index contributed by atoms with van der Waals surface area (Å²) in [5.41, 5.74) is -0.785. The Morgan fingerprint density at radius 1 is 1.50 bits per heavy atom. The fourth-order valence-corrected chi connectivity index (χ4v) is 0.559. The van der Waals surface area contributed by atoms with E-state index in [4.69, 9.17) is 6.42 Å². The average Bonchev–Trinajstić information content (AvgIpc) is 1.95. The normalized spacial score (nSPS) is 13.4. The van der Waals surface area contributed by atoms with Crippen molar-refractivity contribution >= 4 is 0 Å². The van der Waals surface area contributed by atoms with Gasteiger partial charge in [-0.25, -0.2) is 0 Å². The first-order valence-electron chi connectivity index (χ1n) is 3.42. The molecular formula is C9H9F3. The van der Waals surface area contributed by atoms with Gasteiger partial charge in [0.05, 0.1) is 5.57 Å². The van der Waals surface area contributed by atoms with Crippen molar-refractivity contribution in [3.8, 4) is 12.3 Å². The Hall–Kier alpha value is -1.17. The molecule has 0 aliphatic carbocycles. The third-order valence-electron chi connectivity index (χ3n) is 1.10. The Bertz CT molecular complexity index is 225. The van der Waals surface area contributed by atoms with Gasteiger partial charge >= 0.3 is 6.18 Å². The maximum atomic E-state index is 12.0. The van der Waals surface area contributed by atoms with Gasteiger partial charge in [-0.05, 0) is 6.42 Å². The average molecular weight is 174 g/mol. The lowest BCUT2D eigenvalue weighted by molar-refractivity contribution is -0.0881. The number of alkyl halides is 3. The minimum absolute atomic E-state index is 0.554. The number of rotatable bonds is 2. The lowest BCUT2D eigenvalue weighted by Crippen LogP contribution is -2.09.